The molecule has 26 heavy (non-hydrogen) atoms. The fraction of sp³-hybridized carbons (Fsp3) is 0.850. The third-order valence-electron chi connectivity index (χ3n) is 6.42. The van der Waals surface area contributed by atoms with Crippen LogP contribution in [-0.2, 0) is 14.4 Å². The first-order valence-corrected chi connectivity index (χ1v) is 10.5. The molecule has 3 fully saturated rings. The molecule has 0 radical (unpaired) electrons. The molecule has 6 heteroatoms. The number of hydrogen-bond donors (Lipinski definition) is 1. The molecule has 3 aliphatic rings. The van der Waals surface area contributed by atoms with Crippen LogP contribution in [0, 0.1) is 11.8 Å². The lowest BCUT2D eigenvalue weighted by atomic mass is 9.80. The van der Waals surface area contributed by atoms with E-state index in [1.165, 1.54) is 25.7 Å². The fourth-order valence-electron chi connectivity index (χ4n) is 4.65. The number of carbonyl (C=O) groups excluding carboxylic acids is 3. The van der Waals surface area contributed by atoms with Crippen LogP contribution in [0.2, 0.25) is 0 Å². The van der Waals surface area contributed by atoms with E-state index in [0.717, 1.165) is 44.9 Å². The highest BCUT2D eigenvalue weighted by Crippen LogP contribution is 2.31. The van der Waals surface area contributed by atoms with Gasteiger partial charge >= 0.3 is 0 Å². The van der Waals surface area contributed by atoms with E-state index >= 15 is 0 Å². The summed E-state index contributed by atoms with van der Waals surface area (Å²) in [5.74, 6) is 0.564. The van der Waals surface area contributed by atoms with E-state index in [4.69, 9.17) is 0 Å². The van der Waals surface area contributed by atoms with Gasteiger partial charge in [-0.05, 0) is 38.5 Å². The van der Waals surface area contributed by atoms with Gasteiger partial charge in [-0.1, -0.05) is 25.7 Å². The zero-order chi connectivity index (χ0) is 18.4. The number of nitrogens with one attached hydrogen (secondary N) is 1. The number of hydrogen-bond acceptors (Lipinski definition) is 3. The lowest BCUT2D eigenvalue weighted by molar-refractivity contribution is -0.141. The highest BCUT2D eigenvalue weighted by molar-refractivity contribution is 5.81. The van der Waals surface area contributed by atoms with Crippen LogP contribution < -0.4 is 5.32 Å². The molecule has 1 aliphatic heterocycles. The number of nitrogens with zero attached hydrogens (tertiary/aromatic N) is 2. The summed E-state index contributed by atoms with van der Waals surface area (Å²) in [5.41, 5.74) is 0. The molecule has 3 rings (SSSR count). The van der Waals surface area contributed by atoms with Crippen molar-refractivity contribution in [2.45, 2.75) is 70.3 Å². The van der Waals surface area contributed by atoms with Crippen LogP contribution in [0.15, 0.2) is 0 Å². The average molecular weight is 364 g/mol. The zero-order valence-corrected chi connectivity index (χ0v) is 15.8. The van der Waals surface area contributed by atoms with E-state index in [0.29, 0.717) is 32.2 Å². The maximum Gasteiger partial charge on any atom is 0.225 e. The summed E-state index contributed by atoms with van der Waals surface area (Å²) in [7, 11) is 0. The Morgan fingerprint density at radius 1 is 0.769 bits per heavy atom. The minimum atomic E-state index is 0.0553. The lowest BCUT2D eigenvalue weighted by Crippen LogP contribution is -2.50. The van der Waals surface area contributed by atoms with Crippen molar-refractivity contribution in [2.24, 2.45) is 11.8 Å². The summed E-state index contributed by atoms with van der Waals surface area (Å²) in [6, 6.07) is 0.360. The normalized spacial score (nSPS) is 28.3. The molecule has 0 unspecified atom stereocenters. The Morgan fingerprint density at radius 2 is 1.35 bits per heavy atom. The third kappa shape index (κ3) is 4.98. The molecule has 146 valence electrons. The minimum Gasteiger partial charge on any atom is -0.353 e. The Labute approximate surface area is 156 Å². The Hall–Kier alpha value is -1.59. The van der Waals surface area contributed by atoms with Gasteiger partial charge in [-0.15, -0.1) is 0 Å². The maximum absolute atomic E-state index is 12.7. The molecule has 1 heterocycles. The molecular weight excluding hydrogens is 330 g/mol. The van der Waals surface area contributed by atoms with Crippen molar-refractivity contribution < 1.29 is 14.4 Å². The first-order chi connectivity index (χ1) is 12.7. The van der Waals surface area contributed by atoms with Crippen LogP contribution in [0.4, 0.5) is 0 Å². The molecular formula is C20H33N3O3. The Kier molecular flexibility index (Phi) is 6.92. The van der Waals surface area contributed by atoms with Gasteiger partial charge in [-0.25, -0.2) is 0 Å². The van der Waals surface area contributed by atoms with Crippen LogP contribution in [0.5, 0.6) is 0 Å². The molecule has 1 saturated heterocycles. The van der Waals surface area contributed by atoms with Crippen molar-refractivity contribution in [2.75, 3.05) is 26.2 Å². The number of rotatable bonds is 4. The van der Waals surface area contributed by atoms with Gasteiger partial charge < -0.3 is 15.1 Å². The predicted molar refractivity (Wildman–Crippen MR) is 99.3 cm³/mol. The van der Waals surface area contributed by atoms with Gasteiger partial charge in [-0.2, -0.15) is 0 Å². The van der Waals surface area contributed by atoms with Gasteiger partial charge in [0.25, 0.3) is 0 Å². The molecule has 0 aromatic rings. The van der Waals surface area contributed by atoms with Crippen molar-refractivity contribution in [3.63, 3.8) is 0 Å². The maximum atomic E-state index is 12.7. The van der Waals surface area contributed by atoms with Gasteiger partial charge in [0.15, 0.2) is 0 Å². The van der Waals surface area contributed by atoms with Crippen molar-refractivity contribution in [1.82, 2.24) is 15.1 Å². The van der Waals surface area contributed by atoms with Crippen LogP contribution in [-0.4, -0.2) is 60.2 Å². The SMILES string of the molecule is O=CN1CCN(C(=O)C2CCC(C(=O)NC3CCCCCC3)CC2)CC1. The van der Waals surface area contributed by atoms with Crippen LogP contribution in [0.3, 0.4) is 0 Å². The van der Waals surface area contributed by atoms with Gasteiger partial charge in [0.1, 0.15) is 0 Å². The minimum absolute atomic E-state index is 0.0553. The third-order valence-corrected chi connectivity index (χ3v) is 6.42. The van der Waals surface area contributed by atoms with E-state index in [1.807, 2.05) is 4.90 Å². The van der Waals surface area contributed by atoms with Crippen molar-refractivity contribution in [3.8, 4) is 0 Å². The molecule has 0 spiro atoms. The number of carbonyl (C=O) groups is 3. The lowest BCUT2D eigenvalue weighted by Gasteiger charge is -2.36. The first kappa shape index (κ1) is 19.2. The Balaban J connectivity index is 1.41. The monoisotopic (exact) mass is 363 g/mol. The largest absolute Gasteiger partial charge is 0.353 e. The van der Waals surface area contributed by atoms with Gasteiger partial charge in [0, 0.05) is 44.1 Å². The van der Waals surface area contributed by atoms with Crippen molar-refractivity contribution in [3.05, 3.63) is 0 Å². The van der Waals surface area contributed by atoms with E-state index in [1.54, 1.807) is 4.90 Å². The molecule has 0 bridgehead atoms. The second-order valence-electron chi connectivity index (χ2n) is 8.21. The second kappa shape index (κ2) is 9.38. The number of amides is 3. The van der Waals surface area contributed by atoms with Crippen LogP contribution in [0.25, 0.3) is 0 Å². The molecule has 0 aromatic heterocycles. The number of piperazine rings is 1. The summed E-state index contributed by atoms with van der Waals surface area (Å²) in [4.78, 5) is 39.7. The molecule has 3 amide bonds. The van der Waals surface area contributed by atoms with Crippen molar-refractivity contribution >= 4 is 18.2 Å². The molecule has 6 nitrogen and oxygen atoms in total. The van der Waals surface area contributed by atoms with Gasteiger partial charge in [-0.3, -0.25) is 14.4 Å². The average Bonchev–Trinajstić information content (AvgIpc) is 2.96. The van der Waals surface area contributed by atoms with E-state index < -0.39 is 0 Å². The van der Waals surface area contributed by atoms with Gasteiger partial charge in [0.2, 0.25) is 18.2 Å². The summed E-state index contributed by atoms with van der Waals surface area (Å²) in [6.07, 6.45) is 11.4. The fourth-order valence-corrected chi connectivity index (χ4v) is 4.65. The van der Waals surface area contributed by atoms with Crippen LogP contribution >= 0.6 is 0 Å². The predicted octanol–water partition coefficient (Wildman–Crippen LogP) is 1.93. The zero-order valence-electron chi connectivity index (χ0n) is 15.8. The quantitative estimate of drug-likeness (QED) is 0.613. The molecule has 0 atom stereocenters. The summed E-state index contributed by atoms with van der Waals surface area (Å²) in [6.45, 7) is 2.54. The van der Waals surface area contributed by atoms with E-state index in [9.17, 15) is 14.4 Å². The van der Waals surface area contributed by atoms with E-state index in [2.05, 4.69) is 5.32 Å². The molecule has 1 N–H and O–H groups in total. The highest BCUT2D eigenvalue weighted by atomic mass is 16.2. The standard InChI is InChI=1S/C20H33N3O3/c24-15-22-11-13-23(14-12-22)20(26)17-9-7-16(8-10-17)19(25)21-18-5-3-1-2-4-6-18/h15-18H,1-14H2,(H,21,25). The molecule has 2 saturated carbocycles. The summed E-state index contributed by atoms with van der Waals surface area (Å²) >= 11 is 0. The van der Waals surface area contributed by atoms with E-state index in [-0.39, 0.29) is 23.7 Å². The van der Waals surface area contributed by atoms with Crippen molar-refractivity contribution in [1.29, 1.82) is 0 Å². The topological polar surface area (TPSA) is 69.7 Å². The summed E-state index contributed by atoms with van der Waals surface area (Å²) in [5, 5.41) is 3.27. The Morgan fingerprint density at radius 3 is 1.92 bits per heavy atom. The smallest absolute Gasteiger partial charge is 0.225 e. The second-order valence-corrected chi connectivity index (χ2v) is 8.21. The first-order valence-electron chi connectivity index (χ1n) is 10.5. The summed E-state index contributed by atoms with van der Waals surface area (Å²) < 4.78 is 0. The van der Waals surface area contributed by atoms with Gasteiger partial charge in [0.05, 0.1) is 0 Å². The highest BCUT2D eigenvalue weighted by Gasteiger charge is 2.33. The molecule has 0 aromatic carbocycles. The Bertz CT molecular complexity index is 487. The molecule has 2 aliphatic carbocycles. The van der Waals surface area contributed by atoms with Crippen LogP contribution in [0.1, 0.15) is 64.2 Å².